The van der Waals surface area contributed by atoms with Crippen molar-refractivity contribution in [2.45, 2.75) is 19.9 Å². The van der Waals surface area contributed by atoms with Gasteiger partial charge in [0.05, 0.1) is 6.04 Å². The number of amides is 1. The monoisotopic (exact) mass is 341 g/mol. The van der Waals surface area contributed by atoms with Crippen molar-refractivity contribution in [3.8, 4) is 0 Å². The van der Waals surface area contributed by atoms with Gasteiger partial charge in [0.15, 0.2) is 0 Å². The molecule has 1 unspecified atom stereocenters. The number of carbonyl (C=O) groups is 1. The highest BCUT2D eigenvalue weighted by atomic mass is 19.1. The third-order valence-electron chi connectivity index (χ3n) is 4.72. The van der Waals surface area contributed by atoms with Crippen LogP contribution in [-0.4, -0.2) is 43.0 Å². The second-order valence-corrected chi connectivity index (χ2v) is 6.53. The van der Waals surface area contributed by atoms with Crippen molar-refractivity contribution in [2.24, 2.45) is 0 Å². The summed E-state index contributed by atoms with van der Waals surface area (Å²) in [5.41, 5.74) is 3.12. The second-order valence-electron chi connectivity index (χ2n) is 6.53. The fraction of sp³-hybridized carbons (Fsp3) is 0.350. The normalized spacial score (nSPS) is 16.5. The Morgan fingerprint density at radius 1 is 1.08 bits per heavy atom. The van der Waals surface area contributed by atoms with Crippen LogP contribution in [0, 0.1) is 12.7 Å². The predicted octanol–water partition coefficient (Wildman–Crippen LogP) is 3.28. The molecule has 1 aliphatic heterocycles. The van der Waals surface area contributed by atoms with E-state index in [1.807, 2.05) is 6.92 Å². The molecule has 0 aliphatic carbocycles. The molecule has 0 radical (unpaired) electrons. The van der Waals surface area contributed by atoms with Gasteiger partial charge in [-0.25, -0.2) is 4.39 Å². The van der Waals surface area contributed by atoms with Crippen LogP contribution in [0.1, 0.15) is 12.5 Å². The van der Waals surface area contributed by atoms with E-state index in [0.29, 0.717) is 5.69 Å². The van der Waals surface area contributed by atoms with E-state index in [9.17, 15) is 9.18 Å². The number of piperazine rings is 1. The van der Waals surface area contributed by atoms with Gasteiger partial charge in [-0.2, -0.15) is 0 Å². The maximum absolute atomic E-state index is 12.9. The fourth-order valence-corrected chi connectivity index (χ4v) is 3.14. The third-order valence-corrected chi connectivity index (χ3v) is 4.72. The van der Waals surface area contributed by atoms with E-state index in [0.717, 1.165) is 26.2 Å². The van der Waals surface area contributed by atoms with Crippen LogP contribution in [0.4, 0.5) is 15.8 Å². The van der Waals surface area contributed by atoms with Gasteiger partial charge in [0, 0.05) is 37.6 Å². The van der Waals surface area contributed by atoms with Crippen molar-refractivity contribution in [1.29, 1.82) is 0 Å². The molecule has 1 aliphatic rings. The second kappa shape index (κ2) is 7.66. The first-order valence-corrected chi connectivity index (χ1v) is 8.65. The molecular formula is C20H24FN3O. The highest BCUT2D eigenvalue weighted by Crippen LogP contribution is 2.19. The number of rotatable bonds is 4. The summed E-state index contributed by atoms with van der Waals surface area (Å²) in [5, 5.41) is 2.86. The number of aryl methyl sites for hydroxylation is 1. The fourth-order valence-electron chi connectivity index (χ4n) is 3.14. The van der Waals surface area contributed by atoms with Gasteiger partial charge >= 0.3 is 0 Å². The van der Waals surface area contributed by atoms with E-state index in [1.165, 1.54) is 23.4 Å². The molecule has 1 heterocycles. The van der Waals surface area contributed by atoms with Gasteiger partial charge in [-0.15, -0.1) is 0 Å². The summed E-state index contributed by atoms with van der Waals surface area (Å²) in [4.78, 5) is 17.0. The van der Waals surface area contributed by atoms with Crippen molar-refractivity contribution < 1.29 is 9.18 Å². The maximum Gasteiger partial charge on any atom is 0.241 e. The summed E-state index contributed by atoms with van der Waals surface area (Å²) < 4.78 is 12.9. The third kappa shape index (κ3) is 4.37. The Kier molecular flexibility index (Phi) is 5.34. The zero-order valence-electron chi connectivity index (χ0n) is 14.7. The molecule has 0 saturated carbocycles. The Balaban J connectivity index is 1.54. The van der Waals surface area contributed by atoms with Crippen LogP contribution in [0.2, 0.25) is 0 Å². The molecule has 2 aromatic carbocycles. The van der Waals surface area contributed by atoms with Gasteiger partial charge in [-0.1, -0.05) is 12.1 Å². The molecule has 5 heteroatoms. The standard InChI is InChI=1S/C20H24FN3O/c1-15-4-3-5-19(14-15)24-12-10-23(11-13-24)16(2)20(25)22-18-8-6-17(21)7-9-18/h3-9,14,16H,10-13H2,1-2H3,(H,22,25). The van der Waals surface area contributed by atoms with Gasteiger partial charge in [0.1, 0.15) is 5.82 Å². The molecule has 0 aromatic heterocycles. The molecule has 1 saturated heterocycles. The first-order chi connectivity index (χ1) is 12.0. The van der Waals surface area contributed by atoms with E-state index in [1.54, 1.807) is 12.1 Å². The number of benzene rings is 2. The van der Waals surface area contributed by atoms with Crippen molar-refractivity contribution in [1.82, 2.24) is 4.90 Å². The minimum atomic E-state index is -0.307. The molecule has 25 heavy (non-hydrogen) atoms. The van der Waals surface area contributed by atoms with Crippen LogP contribution in [-0.2, 0) is 4.79 Å². The first-order valence-electron chi connectivity index (χ1n) is 8.65. The molecule has 4 nitrogen and oxygen atoms in total. The van der Waals surface area contributed by atoms with Crippen molar-refractivity contribution in [3.63, 3.8) is 0 Å². The molecule has 1 fully saturated rings. The summed E-state index contributed by atoms with van der Waals surface area (Å²) in [6.45, 7) is 7.50. The quantitative estimate of drug-likeness (QED) is 0.927. The highest BCUT2D eigenvalue weighted by molar-refractivity contribution is 5.94. The lowest BCUT2D eigenvalue weighted by atomic mass is 10.1. The summed E-state index contributed by atoms with van der Waals surface area (Å²) >= 11 is 0. The number of hydrogen-bond acceptors (Lipinski definition) is 3. The van der Waals surface area contributed by atoms with Crippen LogP contribution in [0.3, 0.4) is 0 Å². The maximum atomic E-state index is 12.9. The van der Waals surface area contributed by atoms with E-state index in [-0.39, 0.29) is 17.8 Å². The van der Waals surface area contributed by atoms with E-state index < -0.39 is 0 Å². The Bertz CT molecular complexity index is 724. The highest BCUT2D eigenvalue weighted by Gasteiger charge is 2.25. The van der Waals surface area contributed by atoms with Crippen molar-refractivity contribution in [3.05, 3.63) is 59.9 Å². The number of nitrogens with one attached hydrogen (secondary N) is 1. The number of halogens is 1. The van der Waals surface area contributed by atoms with Crippen LogP contribution in [0.5, 0.6) is 0 Å². The van der Waals surface area contributed by atoms with Gasteiger partial charge in [-0.3, -0.25) is 9.69 Å². The molecular weight excluding hydrogens is 317 g/mol. The van der Waals surface area contributed by atoms with Crippen LogP contribution >= 0.6 is 0 Å². The van der Waals surface area contributed by atoms with Crippen LogP contribution in [0.25, 0.3) is 0 Å². The Morgan fingerprint density at radius 2 is 1.76 bits per heavy atom. The molecule has 132 valence electrons. The van der Waals surface area contributed by atoms with Crippen LogP contribution in [0.15, 0.2) is 48.5 Å². The average Bonchev–Trinajstić information content (AvgIpc) is 2.63. The lowest BCUT2D eigenvalue weighted by Crippen LogP contribution is -2.52. The predicted molar refractivity (Wildman–Crippen MR) is 99.5 cm³/mol. The summed E-state index contributed by atoms with van der Waals surface area (Å²) in [6, 6.07) is 14.1. The average molecular weight is 341 g/mol. The van der Waals surface area contributed by atoms with Crippen molar-refractivity contribution in [2.75, 3.05) is 36.4 Å². The van der Waals surface area contributed by atoms with Gasteiger partial charge in [-0.05, 0) is 55.8 Å². The lowest BCUT2D eigenvalue weighted by molar-refractivity contribution is -0.120. The minimum Gasteiger partial charge on any atom is -0.369 e. The molecule has 1 amide bonds. The Labute approximate surface area is 148 Å². The van der Waals surface area contributed by atoms with Gasteiger partial charge in [0.2, 0.25) is 5.91 Å². The molecule has 1 N–H and O–H groups in total. The van der Waals surface area contributed by atoms with Crippen molar-refractivity contribution >= 4 is 17.3 Å². The number of hydrogen-bond donors (Lipinski definition) is 1. The SMILES string of the molecule is Cc1cccc(N2CCN(C(C)C(=O)Nc3ccc(F)cc3)CC2)c1. The van der Waals surface area contributed by atoms with E-state index in [2.05, 4.69) is 46.3 Å². The largest absolute Gasteiger partial charge is 0.369 e. The summed E-state index contributed by atoms with van der Waals surface area (Å²) in [6.07, 6.45) is 0. The van der Waals surface area contributed by atoms with Crippen LogP contribution < -0.4 is 10.2 Å². The molecule has 0 spiro atoms. The Hall–Kier alpha value is -2.40. The molecule has 0 bridgehead atoms. The first kappa shape index (κ1) is 17.4. The summed E-state index contributed by atoms with van der Waals surface area (Å²) in [5.74, 6) is -0.367. The number of anilines is 2. The van der Waals surface area contributed by atoms with E-state index >= 15 is 0 Å². The number of carbonyl (C=O) groups excluding carboxylic acids is 1. The zero-order chi connectivity index (χ0) is 17.8. The Morgan fingerprint density at radius 3 is 2.40 bits per heavy atom. The molecule has 3 rings (SSSR count). The smallest absolute Gasteiger partial charge is 0.241 e. The van der Waals surface area contributed by atoms with Gasteiger partial charge in [0.25, 0.3) is 0 Å². The lowest BCUT2D eigenvalue weighted by Gasteiger charge is -2.38. The topological polar surface area (TPSA) is 35.6 Å². The van der Waals surface area contributed by atoms with Gasteiger partial charge < -0.3 is 10.2 Å². The minimum absolute atomic E-state index is 0.0596. The summed E-state index contributed by atoms with van der Waals surface area (Å²) in [7, 11) is 0. The molecule has 2 aromatic rings. The number of nitrogens with zero attached hydrogens (tertiary/aromatic N) is 2. The molecule has 1 atom stereocenters. The van der Waals surface area contributed by atoms with E-state index in [4.69, 9.17) is 0 Å². The zero-order valence-corrected chi connectivity index (χ0v) is 14.7.